The van der Waals surface area contributed by atoms with E-state index in [0.717, 1.165) is 5.56 Å². The highest BCUT2D eigenvalue weighted by atomic mass is 79.9. The molecule has 2 aromatic rings. The fourth-order valence-corrected chi connectivity index (χ4v) is 2.98. The molecule has 0 N–H and O–H groups in total. The van der Waals surface area contributed by atoms with E-state index in [1.165, 1.54) is 0 Å². The number of amides is 1. The fourth-order valence-electron chi connectivity index (χ4n) is 2.64. The van der Waals surface area contributed by atoms with Gasteiger partial charge in [0.1, 0.15) is 5.69 Å². The monoisotopic (exact) mass is 346 g/mol. The van der Waals surface area contributed by atoms with Crippen molar-refractivity contribution in [3.05, 3.63) is 68.5 Å². The van der Waals surface area contributed by atoms with Gasteiger partial charge in [0.15, 0.2) is 0 Å². The molecule has 0 fully saturated rings. The van der Waals surface area contributed by atoms with E-state index in [-0.39, 0.29) is 17.5 Å². The molecule has 4 nitrogen and oxygen atoms in total. The van der Waals surface area contributed by atoms with Crippen LogP contribution in [0, 0.1) is 0 Å². The predicted octanol–water partition coefficient (Wildman–Crippen LogP) is 2.66. The Morgan fingerprint density at radius 2 is 1.86 bits per heavy atom. The maximum atomic E-state index is 12.6. The molecule has 1 unspecified atom stereocenters. The van der Waals surface area contributed by atoms with Gasteiger partial charge in [-0.3, -0.25) is 9.59 Å². The van der Waals surface area contributed by atoms with Crippen LogP contribution in [0.15, 0.2) is 51.7 Å². The van der Waals surface area contributed by atoms with Gasteiger partial charge < -0.3 is 9.47 Å². The Kier molecular flexibility index (Phi) is 3.68. The van der Waals surface area contributed by atoms with Crippen LogP contribution in [0.3, 0.4) is 0 Å². The van der Waals surface area contributed by atoms with E-state index >= 15 is 0 Å². The van der Waals surface area contributed by atoms with Crippen molar-refractivity contribution in [3.8, 4) is 0 Å². The molecule has 21 heavy (non-hydrogen) atoms. The van der Waals surface area contributed by atoms with Gasteiger partial charge in [0.25, 0.3) is 11.5 Å². The molecule has 0 radical (unpaired) electrons. The van der Waals surface area contributed by atoms with Crippen LogP contribution < -0.4 is 5.56 Å². The minimum atomic E-state index is -0.146. The predicted molar refractivity (Wildman–Crippen MR) is 84.2 cm³/mol. The van der Waals surface area contributed by atoms with Crippen molar-refractivity contribution in [1.29, 1.82) is 0 Å². The topological polar surface area (TPSA) is 42.3 Å². The van der Waals surface area contributed by atoms with Gasteiger partial charge in [0, 0.05) is 19.1 Å². The molecule has 2 heterocycles. The van der Waals surface area contributed by atoms with Crippen LogP contribution >= 0.6 is 15.9 Å². The first-order valence-electron chi connectivity index (χ1n) is 6.82. The molecule has 1 atom stereocenters. The summed E-state index contributed by atoms with van der Waals surface area (Å²) < 4.78 is 2.04. The Morgan fingerprint density at radius 1 is 1.14 bits per heavy atom. The number of rotatable bonds is 2. The highest BCUT2D eigenvalue weighted by Crippen LogP contribution is 2.20. The molecule has 0 saturated heterocycles. The molecule has 0 aliphatic carbocycles. The van der Waals surface area contributed by atoms with Crippen molar-refractivity contribution in [2.75, 3.05) is 0 Å². The van der Waals surface area contributed by atoms with Gasteiger partial charge in [0.2, 0.25) is 0 Å². The summed E-state index contributed by atoms with van der Waals surface area (Å²) in [4.78, 5) is 26.6. The molecule has 1 aromatic carbocycles. The van der Waals surface area contributed by atoms with Gasteiger partial charge in [-0.25, -0.2) is 0 Å². The Bertz CT molecular complexity index is 740. The number of pyridine rings is 1. The zero-order valence-electron chi connectivity index (χ0n) is 11.6. The lowest BCUT2D eigenvalue weighted by Crippen LogP contribution is -2.49. The second-order valence-corrected chi connectivity index (χ2v) is 6.10. The Morgan fingerprint density at radius 3 is 2.57 bits per heavy atom. The molecule has 3 rings (SSSR count). The van der Waals surface area contributed by atoms with Crippen LogP contribution in [0.25, 0.3) is 0 Å². The molecule has 5 heteroatoms. The van der Waals surface area contributed by atoms with Gasteiger partial charge in [-0.15, -0.1) is 0 Å². The molecule has 1 aliphatic heterocycles. The van der Waals surface area contributed by atoms with Crippen molar-refractivity contribution < 1.29 is 4.79 Å². The van der Waals surface area contributed by atoms with E-state index in [1.807, 2.05) is 42.2 Å². The molecule has 0 spiro atoms. The SMILES string of the molecule is CC1Cn2c(ccc(Br)c2=O)C(=O)N1Cc1ccccc1. The van der Waals surface area contributed by atoms with Gasteiger partial charge in [-0.05, 0) is 40.5 Å². The van der Waals surface area contributed by atoms with Crippen molar-refractivity contribution in [2.45, 2.75) is 26.1 Å². The highest BCUT2D eigenvalue weighted by molar-refractivity contribution is 9.10. The standard InChI is InChI=1S/C16H15BrN2O2/c1-11-9-19-14(8-7-13(17)15(19)20)16(21)18(11)10-12-5-3-2-4-6-12/h2-8,11H,9-10H2,1H3. The third-order valence-corrected chi connectivity index (χ3v) is 4.39. The average Bonchev–Trinajstić information content (AvgIpc) is 2.49. The Balaban J connectivity index is 1.97. The number of aromatic nitrogens is 1. The molecule has 1 amide bonds. The Hall–Kier alpha value is -1.88. The number of hydrogen-bond donors (Lipinski definition) is 0. The molecule has 0 bridgehead atoms. The summed E-state index contributed by atoms with van der Waals surface area (Å²) in [6.45, 7) is 3.05. The van der Waals surface area contributed by atoms with Crippen LogP contribution in [0.1, 0.15) is 23.0 Å². The van der Waals surface area contributed by atoms with E-state index in [2.05, 4.69) is 15.9 Å². The molecular weight excluding hydrogens is 332 g/mol. The lowest BCUT2D eigenvalue weighted by atomic mass is 10.1. The van der Waals surface area contributed by atoms with E-state index in [1.54, 1.807) is 16.7 Å². The molecule has 1 aliphatic rings. The number of halogens is 1. The zero-order chi connectivity index (χ0) is 15.0. The third kappa shape index (κ3) is 2.53. The second kappa shape index (κ2) is 5.48. The first kappa shape index (κ1) is 14.1. The summed E-state index contributed by atoms with van der Waals surface area (Å²) >= 11 is 3.22. The number of benzene rings is 1. The summed E-state index contributed by atoms with van der Waals surface area (Å²) in [5.41, 5.74) is 1.40. The van der Waals surface area contributed by atoms with Gasteiger partial charge in [0.05, 0.1) is 4.47 Å². The largest absolute Gasteiger partial charge is 0.329 e. The average molecular weight is 347 g/mol. The van der Waals surface area contributed by atoms with Crippen LogP contribution in [-0.2, 0) is 13.1 Å². The zero-order valence-corrected chi connectivity index (χ0v) is 13.2. The summed E-state index contributed by atoms with van der Waals surface area (Å²) in [7, 11) is 0. The summed E-state index contributed by atoms with van der Waals surface area (Å²) in [6.07, 6.45) is 0. The van der Waals surface area contributed by atoms with Gasteiger partial charge in [-0.2, -0.15) is 0 Å². The highest BCUT2D eigenvalue weighted by Gasteiger charge is 2.30. The maximum Gasteiger partial charge on any atom is 0.271 e. The lowest BCUT2D eigenvalue weighted by molar-refractivity contribution is 0.0589. The number of nitrogens with zero attached hydrogens (tertiary/aromatic N) is 2. The van der Waals surface area contributed by atoms with E-state index in [9.17, 15) is 9.59 Å². The van der Waals surface area contributed by atoms with Crippen LogP contribution in [0.5, 0.6) is 0 Å². The molecule has 108 valence electrons. The van der Waals surface area contributed by atoms with E-state index < -0.39 is 0 Å². The molecule has 1 aromatic heterocycles. The van der Waals surface area contributed by atoms with Crippen LogP contribution in [-0.4, -0.2) is 21.4 Å². The minimum Gasteiger partial charge on any atom is -0.329 e. The molecule has 0 saturated carbocycles. The lowest BCUT2D eigenvalue weighted by Gasteiger charge is -2.35. The quantitative estimate of drug-likeness (QED) is 0.838. The third-order valence-electron chi connectivity index (χ3n) is 3.78. The summed E-state index contributed by atoms with van der Waals surface area (Å²) in [5, 5.41) is 0. The van der Waals surface area contributed by atoms with Crippen molar-refractivity contribution in [3.63, 3.8) is 0 Å². The van der Waals surface area contributed by atoms with Crippen molar-refractivity contribution >= 4 is 21.8 Å². The second-order valence-electron chi connectivity index (χ2n) is 5.25. The summed E-state index contributed by atoms with van der Waals surface area (Å²) in [5.74, 6) is -0.0952. The number of carbonyl (C=O) groups excluding carboxylic acids is 1. The number of hydrogen-bond acceptors (Lipinski definition) is 2. The first-order valence-corrected chi connectivity index (χ1v) is 7.61. The summed E-state index contributed by atoms with van der Waals surface area (Å²) in [6, 6.07) is 13.2. The van der Waals surface area contributed by atoms with E-state index in [0.29, 0.717) is 23.3 Å². The fraction of sp³-hybridized carbons (Fsp3) is 0.250. The Labute approximate surface area is 131 Å². The number of carbonyl (C=O) groups is 1. The molecular formula is C16H15BrN2O2. The van der Waals surface area contributed by atoms with Crippen LogP contribution in [0.4, 0.5) is 0 Å². The van der Waals surface area contributed by atoms with Gasteiger partial charge >= 0.3 is 0 Å². The van der Waals surface area contributed by atoms with Crippen LogP contribution in [0.2, 0.25) is 0 Å². The smallest absolute Gasteiger partial charge is 0.271 e. The maximum absolute atomic E-state index is 12.6. The first-order chi connectivity index (χ1) is 10.1. The van der Waals surface area contributed by atoms with Crippen molar-refractivity contribution in [2.24, 2.45) is 0 Å². The minimum absolute atomic E-state index is 0.0165. The van der Waals surface area contributed by atoms with Crippen molar-refractivity contribution in [1.82, 2.24) is 9.47 Å². The normalized spacial score (nSPS) is 17.7. The number of fused-ring (bicyclic) bond motifs is 1. The van der Waals surface area contributed by atoms with E-state index in [4.69, 9.17) is 0 Å². The van der Waals surface area contributed by atoms with Gasteiger partial charge in [-0.1, -0.05) is 30.3 Å².